The fraction of sp³-hybridized carbons (Fsp3) is 0.250. The highest BCUT2D eigenvalue weighted by atomic mass is 32.1. The first-order valence-corrected chi connectivity index (χ1v) is 5.95. The molecule has 2 aromatic heterocycles. The Bertz CT molecular complexity index is 597. The lowest BCUT2D eigenvalue weighted by Gasteiger charge is -2.12. The van der Waals surface area contributed by atoms with E-state index in [1.54, 1.807) is 38.9 Å². The predicted octanol–water partition coefficient (Wildman–Crippen LogP) is 0.978. The highest BCUT2D eigenvalue weighted by Crippen LogP contribution is 2.29. The molecule has 0 aliphatic carbocycles. The van der Waals surface area contributed by atoms with Crippen LogP contribution in [0.1, 0.15) is 11.5 Å². The van der Waals surface area contributed by atoms with Crippen molar-refractivity contribution in [3.05, 3.63) is 36.2 Å². The third-order valence-electron chi connectivity index (χ3n) is 2.62. The van der Waals surface area contributed by atoms with Crippen LogP contribution >= 0.6 is 12.2 Å². The lowest BCUT2D eigenvalue weighted by Crippen LogP contribution is -2.17. The van der Waals surface area contributed by atoms with E-state index in [9.17, 15) is 0 Å². The first-order valence-electron chi connectivity index (χ1n) is 5.54. The fourth-order valence-corrected chi connectivity index (χ4v) is 1.96. The molecule has 7 heteroatoms. The molecule has 2 rings (SSSR count). The van der Waals surface area contributed by atoms with Crippen molar-refractivity contribution in [1.82, 2.24) is 14.5 Å². The minimum Gasteiger partial charge on any atom is -0.493 e. The van der Waals surface area contributed by atoms with E-state index in [0.29, 0.717) is 23.9 Å². The average Bonchev–Trinajstić information content (AvgIpc) is 2.86. The maximum atomic E-state index is 5.61. The van der Waals surface area contributed by atoms with Crippen LogP contribution in [0.5, 0.6) is 11.5 Å². The van der Waals surface area contributed by atoms with Crippen molar-refractivity contribution < 1.29 is 9.47 Å². The quantitative estimate of drug-likeness (QED) is 0.822. The summed E-state index contributed by atoms with van der Waals surface area (Å²) in [6, 6.07) is 1.74. The van der Waals surface area contributed by atoms with E-state index in [4.69, 9.17) is 27.4 Å². The maximum absolute atomic E-state index is 5.61. The fourth-order valence-electron chi connectivity index (χ4n) is 1.79. The van der Waals surface area contributed by atoms with Crippen molar-refractivity contribution in [2.45, 2.75) is 6.54 Å². The van der Waals surface area contributed by atoms with Crippen molar-refractivity contribution in [1.29, 1.82) is 0 Å². The normalized spacial score (nSPS) is 10.2. The van der Waals surface area contributed by atoms with Gasteiger partial charge in [-0.25, -0.2) is 4.98 Å². The Labute approximate surface area is 116 Å². The van der Waals surface area contributed by atoms with Crippen molar-refractivity contribution in [3.63, 3.8) is 0 Å². The minimum atomic E-state index is 0.242. The van der Waals surface area contributed by atoms with Crippen molar-refractivity contribution in [3.8, 4) is 11.5 Å². The molecule has 0 saturated heterocycles. The molecule has 2 N–H and O–H groups in total. The number of hydrogen-bond acceptors (Lipinski definition) is 5. The molecular weight excluding hydrogens is 264 g/mol. The molecule has 2 heterocycles. The van der Waals surface area contributed by atoms with Crippen LogP contribution in [0.25, 0.3) is 0 Å². The van der Waals surface area contributed by atoms with Gasteiger partial charge in [0.05, 0.1) is 20.8 Å². The van der Waals surface area contributed by atoms with Gasteiger partial charge < -0.3 is 19.8 Å². The van der Waals surface area contributed by atoms with Crippen LogP contribution in [0.2, 0.25) is 0 Å². The molecule has 6 nitrogen and oxygen atoms in total. The van der Waals surface area contributed by atoms with E-state index in [-0.39, 0.29) is 4.99 Å². The average molecular weight is 278 g/mol. The van der Waals surface area contributed by atoms with Crippen LogP contribution in [0.4, 0.5) is 0 Å². The number of nitrogens with two attached hydrogens (primary N) is 1. The lowest BCUT2D eigenvalue weighted by molar-refractivity contribution is 0.348. The van der Waals surface area contributed by atoms with E-state index in [0.717, 1.165) is 5.69 Å². The van der Waals surface area contributed by atoms with Crippen LogP contribution in [0.3, 0.4) is 0 Å². The van der Waals surface area contributed by atoms with Gasteiger partial charge in [0.1, 0.15) is 10.7 Å². The molecule has 0 radical (unpaired) electrons. The van der Waals surface area contributed by atoms with Gasteiger partial charge in [0.2, 0.25) is 0 Å². The zero-order chi connectivity index (χ0) is 13.8. The first kappa shape index (κ1) is 13.3. The molecule has 2 aromatic rings. The zero-order valence-corrected chi connectivity index (χ0v) is 11.5. The second-order valence-electron chi connectivity index (χ2n) is 3.74. The first-order chi connectivity index (χ1) is 9.17. The summed E-state index contributed by atoms with van der Waals surface area (Å²) in [5.74, 6) is 1.76. The van der Waals surface area contributed by atoms with Gasteiger partial charge >= 0.3 is 0 Å². The van der Waals surface area contributed by atoms with Gasteiger partial charge in [0.25, 0.3) is 0 Å². The van der Waals surface area contributed by atoms with Crippen molar-refractivity contribution >= 4 is 17.2 Å². The Morgan fingerprint density at radius 1 is 1.32 bits per heavy atom. The number of thiocarbonyl (C=S) groups is 1. The Kier molecular flexibility index (Phi) is 3.96. The third kappa shape index (κ3) is 2.65. The molecule has 0 aliphatic heterocycles. The van der Waals surface area contributed by atoms with Crippen LogP contribution in [0.15, 0.2) is 24.7 Å². The van der Waals surface area contributed by atoms with Gasteiger partial charge in [-0.3, -0.25) is 4.98 Å². The molecule has 0 unspecified atom stereocenters. The highest BCUT2D eigenvalue weighted by Gasteiger charge is 2.13. The smallest absolute Gasteiger partial charge is 0.184 e. The molecule has 0 fully saturated rings. The maximum Gasteiger partial charge on any atom is 0.184 e. The van der Waals surface area contributed by atoms with Crippen LogP contribution < -0.4 is 15.2 Å². The van der Waals surface area contributed by atoms with Gasteiger partial charge in [0.15, 0.2) is 17.3 Å². The number of rotatable bonds is 5. The number of methoxy groups -OCH3 is 2. The minimum absolute atomic E-state index is 0.242. The van der Waals surface area contributed by atoms with Gasteiger partial charge in [-0.15, -0.1) is 0 Å². The SMILES string of the molecule is COc1ccnc(Cn2ccnc2C(N)=S)c1OC. The van der Waals surface area contributed by atoms with Gasteiger partial charge in [0, 0.05) is 24.7 Å². The largest absolute Gasteiger partial charge is 0.493 e. The van der Waals surface area contributed by atoms with Gasteiger partial charge in [-0.05, 0) is 0 Å². The molecule has 0 aromatic carbocycles. The predicted molar refractivity (Wildman–Crippen MR) is 74.6 cm³/mol. The van der Waals surface area contributed by atoms with E-state index in [1.165, 1.54) is 0 Å². The molecular formula is C12H14N4O2S. The summed E-state index contributed by atoms with van der Waals surface area (Å²) in [4.78, 5) is 8.65. The van der Waals surface area contributed by atoms with E-state index in [1.807, 2.05) is 4.57 Å². The van der Waals surface area contributed by atoms with E-state index >= 15 is 0 Å². The highest BCUT2D eigenvalue weighted by molar-refractivity contribution is 7.80. The molecule has 0 bridgehead atoms. The second-order valence-corrected chi connectivity index (χ2v) is 4.18. The van der Waals surface area contributed by atoms with Gasteiger partial charge in [-0.2, -0.15) is 0 Å². The molecule has 0 saturated carbocycles. The van der Waals surface area contributed by atoms with Crippen molar-refractivity contribution in [2.24, 2.45) is 5.73 Å². The topological polar surface area (TPSA) is 75.2 Å². The molecule has 19 heavy (non-hydrogen) atoms. The number of aromatic nitrogens is 3. The Morgan fingerprint density at radius 3 is 2.74 bits per heavy atom. The summed E-state index contributed by atoms with van der Waals surface area (Å²) in [7, 11) is 3.16. The summed E-state index contributed by atoms with van der Waals surface area (Å²) < 4.78 is 12.4. The molecule has 0 atom stereocenters. The second kappa shape index (κ2) is 5.66. The summed E-state index contributed by atoms with van der Waals surface area (Å²) in [5, 5.41) is 0. The van der Waals surface area contributed by atoms with E-state index < -0.39 is 0 Å². The van der Waals surface area contributed by atoms with Crippen LogP contribution in [0, 0.1) is 0 Å². The van der Waals surface area contributed by atoms with Crippen LogP contribution in [-0.2, 0) is 6.54 Å². The van der Waals surface area contributed by atoms with Crippen LogP contribution in [-0.4, -0.2) is 33.7 Å². The Hall–Kier alpha value is -2.15. The molecule has 0 spiro atoms. The number of nitrogens with zero attached hydrogens (tertiary/aromatic N) is 3. The Balaban J connectivity index is 2.38. The third-order valence-corrected chi connectivity index (χ3v) is 2.80. The summed E-state index contributed by atoms with van der Waals surface area (Å²) in [6.45, 7) is 0.451. The Morgan fingerprint density at radius 2 is 2.11 bits per heavy atom. The summed E-state index contributed by atoms with van der Waals surface area (Å²) in [6.07, 6.45) is 5.09. The van der Waals surface area contributed by atoms with Gasteiger partial charge in [-0.1, -0.05) is 12.2 Å². The lowest BCUT2D eigenvalue weighted by atomic mass is 10.3. The van der Waals surface area contributed by atoms with E-state index in [2.05, 4.69) is 9.97 Å². The van der Waals surface area contributed by atoms with Crippen molar-refractivity contribution in [2.75, 3.05) is 14.2 Å². The number of ether oxygens (including phenoxy) is 2. The molecule has 100 valence electrons. The molecule has 0 amide bonds. The summed E-state index contributed by atoms with van der Waals surface area (Å²) in [5.41, 5.74) is 6.33. The summed E-state index contributed by atoms with van der Waals surface area (Å²) >= 11 is 4.95. The number of imidazole rings is 1. The standard InChI is InChI=1S/C12H14N4O2S/c1-17-9-3-4-14-8(10(9)18-2)7-16-6-5-15-12(16)11(13)19/h3-6H,7H2,1-2H3,(H2,13,19). The number of pyridine rings is 1. The number of hydrogen-bond donors (Lipinski definition) is 1. The monoisotopic (exact) mass is 278 g/mol. The molecule has 0 aliphatic rings. The zero-order valence-electron chi connectivity index (χ0n) is 10.7.